The predicted octanol–water partition coefficient (Wildman–Crippen LogP) is 4.04. The molecule has 0 bridgehead atoms. The van der Waals surface area contributed by atoms with Gasteiger partial charge in [0.25, 0.3) is 0 Å². The molecule has 0 spiro atoms. The molecule has 1 aliphatic heterocycles. The van der Waals surface area contributed by atoms with Gasteiger partial charge >= 0.3 is 6.03 Å². The lowest BCUT2D eigenvalue weighted by molar-refractivity contribution is -0.127. The van der Waals surface area contributed by atoms with E-state index in [4.69, 9.17) is 11.6 Å². The van der Waals surface area contributed by atoms with Crippen LogP contribution in [0.2, 0.25) is 5.02 Å². The third-order valence-electron chi connectivity index (χ3n) is 4.52. The second-order valence-corrected chi connectivity index (χ2v) is 6.86. The lowest BCUT2D eigenvalue weighted by atomic mass is 10.2. The Morgan fingerprint density at radius 2 is 1.67 bits per heavy atom. The molecule has 1 fully saturated rings. The monoisotopic (exact) mass is 383 g/mol. The Balaban J connectivity index is 1.50. The molecule has 6 heteroatoms. The number of carbonyl (C=O) groups is 2. The van der Waals surface area contributed by atoms with Crippen LogP contribution in [0.5, 0.6) is 0 Å². The molecule has 1 aliphatic rings. The Morgan fingerprint density at radius 1 is 1.00 bits per heavy atom. The summed E-state index contributed by atoms with van der Waals surface area (Å²) < 4.78 is 0. The molecule has 5 nitrogen and oxygen atoms in total. The standard InChI is InChI=1S/C21H22ClN3O2/c1-16-7-9-18(15-19(16)22)23-21(27)25-13-11-24(12-14-25)20(26)10-8-17-5-3-2-4-6-17/h2-10,15H,11-14H2,1H3,(H,23,27)/b10-8+. The smallest absolute Gasteiger partial charge is 0.321 e. The van der Waals surface area contributed by atoms with Gasteiger partial charge in [0.1, 0.15) is 0 Å². The Kier molecular flexibility index (Phi) is 6.14. The number of carbonyl (C=O) groups excluding carboxylic acids is 2. The Bertz CT molecular complexity index is 844. The van der Waals surface area contributed by atoms with Crippen molar-refractivity contribution in [3.05, 3.63) is 70.8 Å². The number of amides is 3. The highest BCUT2D eigenvalue weighted by Crippen LogP contribution is 2.20. The van der Waals surface area contributed by atoms with Crippen molar-refractivity contribution in [3.63, 3.8) is 0 Å². The van der Waals surface area contributed by atoms with E-state index in [1.807, 2.05) is 55.5 Å². The average Bonchev–Trinajstić information content (AvgIpc) is 2.70. The van der Waals surface area contributed by atoms with E-state index in [1.54, 1.807) is 21.9 Å². The van der Waals surface area contributed by atoms with Crippen molar-refractivity contribution in [1.29, 1.82) is 0 Å². The molecule has 0 radical (unpaired) electrons. The van der Waals surface area contributed by atoms with Crippen molar-refractivity contribution in [1.82, 2.24) is 9.80 Å². The molecule has 2 aromatic carbocycles. The summed E-state index contributed by atoms with van der Waals surface area (Å²) in [5.41, 5.74) is 2.62. The van der Waals surface area contributed by atoms with Crippen molar-refractivity contribution < 1.29 is 9.59 Å². The number of benzene rings is 2. The molecule has 0 aliphatic carbocycles. The zero-order valence-corrected chi connectivity index (χ0v) is 15.9. The molecule has 0 atom stereocenters. The van der Waals surface area contributed by atoms with Crippen molar-refractivity contribution >= 4 is 35.3 Å². The maximum absolute atomic E-state index is 12.4. The van der Waals surface area contributed by atoms with Gasteiger partial charge in [-0.25, -0.2) is 4.79 Å². The predicted molar refractivity (Wildman–Crippen MR) is 109 cm³/mol. The number of nitrogens with one attached hydrogen (secondary N) is 1. The lowest BCUT2D eigenvalue weighted by Crippen LogP contribution is -2.51. The Morgan fingerprint density at radius 3 is 2.33 bits per heavy atom. The summed E-state index contributed by atoms with van der Waals surface area (Å²) in [6, 6.07) is 15.0. The van der Waals surface area contributed by atoms with Crippen molar-refractivity contribution in [2.75, 3.05) is 31.5 Å². The highest BCUT2D eigenvalue weighted by Gasteiger charge is 2.23. The maximum atomic E-state index is 12.4. The van der Waals surface area contributed by atoms with E-state index in [1.165, 1.54) is 0 Å². The molecule has 3 rings (SSSR count). The van der Waals surface area contributed by atoms with E-state index in [-0.39, 0.29) is 11.9 Å². The van der Waals surface area contributed by atoms with Gasteiger partial charge in [0.15, 0.2) is 0 Å². The number of hydrogen-bond acceptors (Lipinski definition) is 2. The van der Waals surface area contributed by atoms with Crippen molar-refractivity contribution in [2.24, 2.45) is 0 Å². The molecule has 3 amide bonds. The molecule has 0 unspecified atom stereocenters. The quantitative estimate of drug-likeness (QED) is 0.813. The van der Waals surface area contributed by atoms with Crippen LogP contribution < -0.4 is 5.32 Å². The highest BCUT2D eigenvalue weighted by molar-refractivity contribution is 6.31. The summed E-state index contributed by atoms with van der Waals surface area (Å²) in [5.74, 6) is -0.0378. The number of hydrogen-bond donors (Lipinski definition) is 1. The van der Waals surface area contributed by atoms with Gasteiger partial charge in [-0.1, -0.05) is 48.0 Å². The summed E-state index contributed by atoms with van der Waals surface area (Å²) in [7, 11) is 0. The molecule has 1 saturated heterocycles. The molecule has 0 aromatic heterocycles. The van der Waals surface area contributed by atoms with Crippen molar-refractivity contribution in [3.8, 4) is 0 Å². The van der Waals surface area contributed by atoms with Crippen LogP contribution in [0, 0.1) is 6.92 Å². The fourth-order valence-electron chi connectivity index (χ4n) is 2.84. The van der Waals surface area contributed by atoms with Gasteiger partial charge in [-0.2, -0.15) is 0 Å². The van der Waals surface area contributed by atoms with Gasteiger partial charge in [-0.15, -0.1) is 0 Å². The minimum atomic E-state index is -0.179. The molecular formula is C21H22ClN3O2. The first-order valence-electron chi connectivity index (χ1n) is 8.87. The Hall–Kier alpha value is -2.79. The minimum Gasteiger partial charge on any atom is -0.336 e. The fourth-order valence-corrected chi connectivity index (χ4v) is 3.02. The van der Waals surface area contributed by atoms with Gasteiger partial charge in [0.2, 0.25) is 5.91 Å². The van der Waals surface area contributed by atoms with E-state index >= 15 is 0 Å². The van der Waals surface area contributed by atoms with E-state index in [9.17, 15) is 9.59 Å². The van der Waals surface area contributed by atoms with Gasteiger partial charge in [0.05, 0.1) is 0 Å². The van der Waals surface area contributed by atoms with Crippen LogP contribution in [-0.2, 0) is 4.79 Å². The number of piperazine rings is 1. The first kappa shape index (κ1) is 19.0. The number of rotatable bonds is 3. The zero-order valence-electron chi connectivity index (χ0n) is 15.2. The number of anilines is 1. The molecule has 1 heterocycles. The number of aryl methyl sites for hydroxylation is 1. The SMILES string of the molecule is Cc1ccc(NC(=O)N2CCN(C(=O)/C=C/c3ccccc3)CC2)cc1Cl. The van der Waals surface area contributed by atoms with Crippen molar-refractivity contribution in [2.45, 2.75) is 6.92 Å². The molecule has 27 heavy (non-hydrogen) atoms. The summed E-state index contributed by atoms with van der Waals surface area (Å²) >= 11 is 6.10. The van der Waals surface area contributed by atoms with Gasteiger partial charge in [0, 0.05) is 43.0 Å². The van der Waals surface area contributed by atoms with Crippen LogP contribution in [0.3, 0.4) is 0 Å². The molecule has 0 saturated carbocycles. The van der Waals surface area contributed by atoms with E-state index in [0.29, 0.717) is 36.9 Å². The van der Waals surface area contributed by atoms with E-state index in [2.05, 4.69) is 5.32 Å². The van der Waals surface area contributed by atoms with Crippen LogP contribution in [-0.4, -0.2) is 47.9 Å². The van der Waals surface area contributed by atoms with Crippen LogP contribution in [0.15, 0.2) is 54.6 Å². The van der Waals surface area contributed by atoms with Gasteiger partial charge in [-0.05, 0) is 36.3 Å². The average molecular weight is 384 g/mol. The lowest BCUT2D eigenvalue weighted by Gasteiger charge is -2.34. The summed E-state index contributed by atoms with van der Waals surface area (Å²) in [4.78, 5) is 28.2. The van der Waals surface area contributed by atoms with Crippen LogP contribution in [0.4, 0.5) is 10.5 Å². The summed E-state index contributed by atoms with van der Waals surface area (Å²) in [6.45, 7) is 3.93. The topological polar surface area (TPSA) is 52.7 Å². The summed E-state index contributed by atoms with van der Waals surface area (Å²) in [5, 5.41) is 3.47. The van der Waals surface area contributed by atoms with Crippen LogP contribution >= 0.6 is 11.6 Å². The first-order chi connectivity index (χ1) is 13.0. The Labute approximate surface area is 164 Å². The normalized spacial score (nSPS) is 14.4. The maximum Gasteiger partial charge on any atom is 0.321 e. The van der Waals surface area contributed by atoms with Crippen LogP contribution in [0.1, 0.15) is 11.1 Å². The zero-order chi connectivity index (χ0) is 19.2. The molecule has 140 valence electrons. The first-order valence-corrected chi connectivity index (χ1v) is 9.25. The minimum absolute atomic E-state index is 0.0378. The third-order valence-corrected chi connectivity index (χ3v) is 4.93. The van der Waals surface area contributed by atoms with E-state index < -0.39 is 0 Å². The number of nitrogens with zero attached hydrogens (tertiary/aromatic N) is 2. The molecule has 1 N–H and O–H groups in total. The van der Waals surface area contributed by atoms with Gasteiger partial charge in [-0.3, -0.25) is 4.79 Å². The summed E-state index contributed by atoms with van der Waals surface area (Å²) in [6.07, 6.45) is 3.39. The molecular weight excluding hydrogens is 362 g/mol. The van der Waals surface area contributed by atoms with E-state index in [0.717, 1.165) is 11.1 Å². The number of halogens is 1. The fraction of sp³-hybridized carbons (Fsp3) is 0.238. The second-order valence-electron chi connectivity index (χ2n) is 6.45. The molecule has 2 aromatic rings. The van der Waals surface area contributed by atoms with Gasteiger partial charge < -0.3 is 15.1 Å². The second kappa shape index (κ2) is 8.73. The van der Waals surface area contributed by atoms with Crippen LogP contribution in [0.25, 0.3) is 6.08 Å². The highest BCUT2D eigenvalue weighted by atomic mass is 35.5. The third kappa shape index (κ3) is 5.11. The largest absolute Gasteiger partial charge is 0.336 e. The number of urea groups is 1.